The van der Waals surface area contributed by atoms with Crippen LogP contribution in [0.4, 0.5) is 5.00 Å². The van der Waals surface area contributed by atoms with Gasteiger partial charge in [-0.05, 0) is 19.1 Å². The van der Waals surface area contributed by atoms with E-state index in [1.165, 1.54) is 18.3 Å². The Morgan fingerprint density at radius 2 is 2.33 bits per heavy atom. The van der Waals surface area contributed by atoms with Gasteiger partial charge in [-0.2, -0.15) is 0 Å². The van der Waals surface area contributed by atoms with Crippen molar-refractivity contribution in [2.45, 2.75) is 19.9 Å². The highest BCUT2D eigenvalue weighted by molar-refractivity contribution is 7.16. The van der Waals surface area contributed by atoms with Gasteiger partial charge in [-0.3, -0.25) is 4.79 Å². The molecule has 0 aliphatic rings. The number of thiophene rings is 1. The molecular weight excluding hydrogens is 172 g/mol. The van der Waals surface area contributed by atoms with Crippen LogP contribution in [0.25, 0.3) is 0 Å². The third kappa shape index (κ3) is 2.32. The van der Waals surface area contributed by atoms with Gasteiger partial charge in [-0.15, -0.1) is 11.3 Å². The third-order valence-electron chi connectivity index (χ3n) is 1.37. The minimum Gasteiger partial charge on any atom is -0.324 e. The maximum absolute atomic E-state index is 10.7. The largest absolute Gasteiger partial charge is 0.324 e. The van der Waals surface area contributed by atoms with Crippen LogP contribution in [0.1, 0.15) is 24.8 Å². The Bertz CT molecular complexity index is 280. The molecule has 3 nitrogen and oxygen atoms in total. The summed E-state index contributed by atoms with van der Waals surface area (Å²) in [7, 11) is 0. The number of nitrogens with two attached hydrogens (primary N) is 1. The van der Waals surface area contributed by atoms with E-state index in [1.54, 1.807) is 0 Å². The number of nitrogens with one attached hydrogen (secondary N) is 1. The Morgan fingerprint density at radius 3 is 2.75 bits per heavy atom. The molecule has 1 aromatic heterocycles. The van der Waals surface area contributed by atoms with Crippen molar-refractivity contribution in [2.24, 2.45) is 5.73 Å². The molecule has 0 bridgehead atoms. The molecule has 0 aliphatic heterocycles. The Kier molecular flexibility index (Phi) is 2.83. The Morgan fingerprint density at radius 1 is 1.67 bits per heavy atom. The zero-order valence-corrected chi connectivity index (χ0v) is 7.94. The summed E-state index contributed by atoms with van der Waals surface area (Å²) in [5.41, 5.74) is 5.66. The third-order valence-corrected chi connectivity index (χ3v) is 2.58. The summed E-state index contributed by atoms with van der Waals surface area (Å²) in [5, 5.41) is 3.56. The van der Waals surface area contributed by atoms with Crippen LogP contribution in [0.5, 0.6) is 0 Å². The number of hydrogen-bond donors (Lipinski definition) is 2. The maximum Gasteiger partial charge on any atom is 0.221 e. The van der Waals surface area contributed by atoms with E-state index in [9.17, 15) is 4.79 Å². The monoisotopic (exact) mass is 184 g/mol. The van der Waals surface area contributed by atoms with Crippen LogP contribution in [0, 0.1) is 0 Å². The topological polar surface area (TPSA) is 55.1 Å². The van der Waals surface area contributed by atoms with Gasteiger partial charge in [0.25, 0.3) is 0 Å². The summed E-state index contributed by atoms with van der Waals surface area (Å²) in [6.07, 6.45) is 0. The number of rotatable bonds is 2. The molecule has 1 aromatic rings. The zero-order valence-electron chi connectivity index (χ0n) is 7.13. The quantitative estimate of drug-likeness (QED) is 0.735. The van der Waals surface area contributed by atoms with Crippen molar-refractivity contribution in [3.63, 3.8) is 0 Å². The molecule has 0 saturated heterocycles. The smallest absolute Gasteiger partial charge is 0.221 e. The van der Waals surface area contributed by atoms with Gasteiger partial charge in [0, 0.05) is 17.8 Å². The van der Waals surface area contributed by atoms with E-state index in [-0.39, 0.29) is 11.9 Å². The van der Waals surface area contributed by atoms with Gasteiger partial charge in [0.05, 0.1) is 5.00 Å². The minimum atomic E-state index is -0.0481. The van der Waals surface area contributed by atoms with Crippen molar-refractivity contribution in [1.29, 1.82) is 0 Å². The zero-order chi connectivity index (χ0) is 9.14. The first-order chi connectivity index (χ1) is 5.59. The molecular formula is C8H12N2OS. The molecule has 0 spiro atoms. The lowest BCUT2D eigenvalue weighted by Crippen LogP contribution is -2.04. The van der Waals surface area contributed by atoms with Crippen molar-refractivity contribution < 1.29 is 4.79 Å². The second kappa shape index (κ2) is 3.69. The molecule has 0 fully saturated rings. The van der Waals surface area contributed by atoms with E-state index in [0.717, 1.165) is 9.88 Å². The summed E-state index contributed by atoms with van der Waals surface area (Å²) in [4.78, 5) is 11.7. The summed E-state index contributed by atoms with van der Waals surface area (Å²) in [6, 6.07) is 3.84. The van der Waals surface area contributed by atoms with Crippen molar-refractivity contribution in [3.05, 3.63) is 17.0 Å². The molecule has 1 amide bonds. The average molecular weight is 184 g/mol. The van der Waals surface area contributed by atoms with Crippen LogP contribution in [0.3, 0.4) is 0 Å². The number of carbonyl (C=O) groups is 1. The normalized spacial score (nSPS) is 12.6. The first-order valence-corrected chi connectivity index (χ1v) is 4.54. The molecule has 1 rings (SSSR count). The van der Waals surface area contributed by atoms with Gasteiger partial charge in [-0.1, -0.05) is 0 Å². The Hall–Kier alpha value is -0.870. The van der Waals surface area contributed by atoms with Crippen LogP contribution >= 0.6 is 11.3 Å². The van der Waals surface area contributed by atoms with Gasteiger partial charge in [-0.25, -0.2) is 0 Å². The fraction of sp³-hybridized carbons (Fsp3) is 0.375. The lowest BCUT2D eigenvalue weighted by atomic mass is 10.3. The van der Waals surface area contributed by atoms with Crippen molar-refractivity contribution in [2.75, 3.05) is 5.32 Å². The molecule has 1 heterocycles. The van der Waals surface area contributed by atoms with E-state index in [1.807, 2.05) is 19.1 Å². The predicted molar refractivity (Wildman–Crippen MR) is 51.2 cm³/mol. The van der Waals surface area contributed by atoms with E-state index >= 15 is 0 Å². The van der Waals surface area contributed by atoms with Gasteiger partial charge in [0.2, 0.25) is 5.91 Å². The van der Waals surface area contributed by atoms with Crippen molar-refractivity contribution in [3.8, 4) is 0 Å². The second-order valence-corrected chi connectivity index (χ2v) is 3.79. The second-order valence-electron chi connectivity index (χ2n) is 2.67. The van der Waals surface area contributed by atoms with E-state index < -0.39 is 0 Å². The molecule has 66 valence electrons. The van der Waals surface area contributed by atoms with Gasteiger partial charge in [0.15, 0.2) is 0 Å². The Balaban J connectivity index is 2.70. The highest BCUT2D eigenvalue weighted by Gasteiger charge is 2.04. The van der Waals surface area contributed by atoms with Crippen LogP contribution in [0.2, 0.25) is 0 Å². The van der Waals surface area contributed by atoms with Crippen LogP contribution in [-0.4, -0.2) is 5.91 Å². The molecule has 0 aliphatic carbocycles. The molecule has 0 unspecified atom stereocenters. The molecule has 1 atom stereocenters. The number of hydrogen-bond acceptors (Lipinski definition) is 3. The molecule has 0 saturated carbocycles. The van der Waals surface area contributed by atoms with Crippen molar-refractivity contribution in [1.82, 2.24) is 0 Å². The first kappa shape index (κ1) is 9.22. The van der Waals surface area contributed by atoms with E-state index in [0.29, 0.717) is 0 Å². The van der Waals surface area contributed by atoms with Gasteiger partial charge >= 0.3 is 0 Å². The average Bonchev–Trinajstić information content (AvgIpc) is 2.34. The fourth-order valence-electron chi connectivity index (χ4n) is 0.838. The SMILES string of the molecule is CC(=O)Nc1ccc([C@@H](C)N)s1. The number of carbonyl (C=O) groups excluding carboxylic acids is 1. The van der Waals surface area contributed by atoms with E-state index in [2.05, 4.69) is 5.32 Å². The molecule has 4 heteroatoms. The number of amides is 1. The fourth-order valence-corrected chi connectivity index (χ4v) is 1.74. The maximum atomic E-state index is 10.7. The summed E-state index contributed by atoms with van der Waals surface area (Å²) < 4.78 is 0. The lowest BCUT2D eigenvalue weighted by molar-refractivity contribution is -0.114. The van der Waals surface area contributed by atoms with E-state index in [4.69, 9.17) is 5.73 Å². The van der Waals surface area contributed by atoms with Gasteiger partial charge in [0.1, 0.15) is 0 Å². The molecule has 0 aromatic carbocycles. The van der Waals surface area contributed by atoms with Crippen LogP contribution < -0.4 is 11.1 Å². The molecule has 0 radical (unpaired) electrons. The highest BCUT2D eigenvalue weighted by Crippen LogP contribution is 2.25. The summed E-state index contributed by atoms with van der Waals surface area (Å²) in [5.74, 6) is -0.0481. The standard InChI is InChI=1S/C8H12N2OS/c1-5(9)7-3-4-8(12-7)10-6(2)11/h3-5H,9H2,1-2H3,(H,10,11)/t5-/m1/s1. The highest BCUT2D eigenvalue weighted by atomic mass is 32.1. The van der Waals surface area contributed by atoms with Crippen molar-refractivity contribution >= 4 is 22.2 Å². The molecule has 3 N–H and O–H groups in total. The summed E-state index contributed by atoms with van der Waals surface area (Å²) in [6.45, 7) is 3.41. The number of anilines is 1. The minimum absolute atomic E-state index is 0.0394. The first-order valence-electron chi connectivity index (χ1n) is 3.72. The Labute approximate surface area is 75.6 Å². The lowest BCUT2D eigenvalue weighted by Gasteiger charge is -1.98. The molecule has 12 heavy (non-hydrogen) atoms. The summed E-state index contributed by atoms with van der Waals surface area (Å²) >= 11 is 1.51. The predicted octanol–water partition coefficient (Wildman–Crippen LogP) is 1.73. The van der Waals surface area contributed by atoms with Crippen LogP contribution in [-0.2, 0) is 4.79 Å². The van der Waals surface area contributed by atoms with Crippen LogP contribution in [0.15, 0.2) is 12.1 Å². The van der Waals surface area contributed by atoms with Gasteiger partial charge < -0.3 is 11.1 Å².